The average molecular weight is 183 g/mol. The molecule has 0 amide bonds. The lowest BCUT2D eigenvalue weighted by molar-refractivity contribution is 0.118. The molecule has 0 unspecified atom stereocenters. The highest BCUT2D eigenvalue weighted by molar-refractivity contribution is 4.97. The lowest BCUT2D eigenvalue weighted by atomic mass is 10.4. The molecule has 0 radical (unpaired) electrons. The fourth-order valence-corrected chi connectivity index (χ4v) is 1.11. The van der Waals surface area contributed by atoms with E-state index in [1.807, 2.05) is 19.1 Å². The fourth-order valence-electron chi connectivity index (χ4n) is 1.11. The Kier molecular flexibility index (Phi) is 4.57. The summed E-state index contributed by atoms with van der Waals surface area (Å²) < 4.78 is 10.5. The number of furan rings is 1. The quantitative estimate of drug-likeness (QED) is 0.628. The number of hydrogen-bond acceptors (Lipinski definition) is 3. The van der Waals surface area contributed by atoms with Gasteiger partial charge in [0.1, 0.15) is 5.76 Å². The zero-order valence-corrected chi connectivity index (χ0v) is 8.32. The monoisotopic (exact) mass is 183 g/mol. The molecule has 0 atom stereocenters. The lowest BCUT2D eigenvalue weighted by Gasteiger charge is -2.14. The zero-order chi connectivity index (χ0) is 9.52. The fraction of sp³-hybridized carbons (Fsp3) is 0.600. The summed E-state index contributed by atoms with van der Waals surface area (Å²) >= 11 is 0. The maximum atomic E-state index is 5.25. The number of rotatable bonds is 6. The van der Waals surface area contributed by atoms with Gasteiger partial charge in [0.25, 0.3) is 0 Å². The zero-order valence-electron chi connectivity index (χ0n) is 8.32. The van der Waals surface area contributed by atoms with Crippen LogP contribution in [0.15, 0.2) is 22.8 Å². The van der Waals surface area contributed by atoms with Gasteiger partial charge in [-0.15, -0.1) is 0 Å². The summed E-state index contributed by atoms with van der Waals surface area (Å²) in [6.07, 6.45) is 1.70. The summed E-state index contributed by atoms with van der Waals surface area (Å²) in [5.74, 6) is 0.999. The minimum Gasteiger partial charge on any atom is -0.468 e. The summed E-state index contributed by atoms with van der Waals surface area (Å²) in [5, 5.41) is 0. The number of likely N-dealkylation sites (N-methyl/N-ethyl adjacent to an activating group) is 1. The SMILES string of the molecule is CCOCCN(C)Cc1ccco1. The standard InChI is InChI=1S/C10H17NO2/c1-3-12-8-6-11(2)9-10-5-4-7-13-10/h4-5,7H,3,6,8-9H2,1-2H3. The van der Waals surface area contributed by atoms with Crippen LogP contribution in [0.25, 0.3) is 0 Å². The molecule has 3 heteroatoms. The first-order valence-corrected chi connectivity index (χ1v) is 4.61. The second-order valence-electron chi connectivity index (χ2n) is 3.01. The summed E-state index contributed by atoms with van der Waals surface area (Å²) in [6, 6.07) is 3.89. The molecule has 0 aliphatic rings. The van der Waals surface area contributed by atoms with Crippen LogP contribution in [0.3, 0.4) is 0 Å². The molecule has 74 valence electrons. The Labute approximate surface area is 79.3 Å². The first kappa shape index (κ1) is 10.3. The van der Waals surface area contributed by atoms with Gasteiger partial charge in [0.15, 0.2) is 0 Å². The summed E-state index contributed by atoms with van der Waals surface area (Å²) in [7, 11) is 2.06. The van der Waals surface area contributed by atoms with Crippen molar-refractivity contribution in [1.29, 1.82) is 0 Å². The van der Waals surface area contributed by atoms with Crippen LogP contribution in [0, 0.1) is 0 Å². The van der Waals surface area contributed by atoms with Gasteiger partial charge >= 0.3 is 0 Å². The van der Waals surface area contributed by atoms with Crippen LogP contribution in [0.4, 0.5) is 0 Å². The van der Waals surface area contributed by atoms with E-state index >= 15 is 0 Å². The van der Waals surface area contributed by atoms with Gasteiger partial charge in [-0.3, -0.25) is 4.90 Å². The molecule has 1 aromatic rings. The molecule has 0 N–H and O–H groups in total. The van der Waals surface area contributed by atoms with Crippen molar-refractivity contribution in [1.82, 2.24) is 4.90 Å². The van der Waals surface area contributed by atoms with Crippen LogP contribution >= 0.6 is 0 Å². The molecule has 0 aliphatic heterocycles. The molecule has 0 saturated carbocycles. The summed E-state index contributed by atoms with van der Waals surface area (Å²) in [6.45, 7) is 5.36. The second kappa shape index (κ2) is 5.78. The van der Waals surface area contributed by atoms with Crippen molar-refractivity contribution in [3.05, 3.63) is 24.2 Å². The van der Waals surface area contributed by atoms with Crippen molar-refractivity contribution in [2.75, 3.05) is 26.8 Å². The normalized spacial score (nSPS) is 11.0. The predicted octanol–water partition coefficient (Wildman–Crippen LogP) is 1.75. The third kappa shape index (κ3) is 4.10. The van der Waals surface area contributed by atoms with Gasteiger partial charge in [-0.25, -0.2) is 0 Å². The molecule has 1 heterocycles. The molecule has 1 rings (SSSR count). The van der Waals surface area contributed by atoms with Crippen molar-refractivity contribution in [3.8, 4) is 0 Å². The smallest absolute Gasteiger partial charge is 0.117 e. The molecule has 0 bridgehead atoms. The maximum Gasteiger partial charge on any atom is 0.117 e. The van der Waals surface area contributed by atoms with Gasteiger partial charge < -0.3 is 9.15 Å². The summed E-state index contributed by atoms with van der Waals surface area (Å²) in [4.78, 5) is 2.18. The molecule has 3 nitrogen and oxygen atoms in total. The Balaban J connectivity index is 2.14. The number of nitrogens with zero attached hydrogens (tertiary/aromatic N) is 1. The molecule has 0 aromatic carbocycles. The average Bonchev–Trinajstić information content (AvgIpc) is 2.57. The number of hydrogen-bond donors (Lipinski definition) is 0. The molecule has 1 aromatic heterocycles. The maximum absolute atomic E-state index is 5.25. The van der Waals surface area contributed by atoms with Crippen molar-refractivity contribution in [3.63, 3.8) is 0 Å². The Morgan fingerprint density at radius 1 is 1.54 bits per heavy atom. The van der Waals surface area contributed by atoms with E-state index in [-0.39, 0.29) is 0 Å². The van der Waals surface area contributed by atoms with Crippen LogP contribution in [-0.4, -0.2) is 31.7 Å². The van der Waals surface area contributed by atoms with Gasteiger partial charge in [-0.05, 0) is 26.1 Å². The molecular weight excluding hydrogens is 166 g/mol. The first-order chi connectivity index (χ1) is 6.33. The Morgan fingerprint density at radius 2 is 2.38 bits per heavy atom. The van der Waals surface area contributed by atoms with E-state index in [0.717, 1.165) is 32.1 Å². The van der Waals surface area contributed by atoms with Gasteiger partial charge in [-0.1, -0.05) is 0 Å². The minimum atomic E-state index is 0.785. The largest absolute Gasteiger partial charge is 0.468 e. The topological polar surface area (TPSA) is 25.6 Å². The van der Waals surface area contributed by atoms with Gasteiger partial charge in [0.2, 0.25) is 0 Å². The molecule has 0 saturated heterocycles. The highest BCUT2D eigenvalue weighted by Gasteiger charge is 2.01. The summed E-state index contributed by atoms with van der Waals surface area (Å²) in [5.41, 5.74) is 0. The van der Waals surface area contributed by atoms with E-state index in [2.05, 4.69) is 11.9 Å². The van der Waals surface area contributed by atoms with E-state index in [1.165, 1.54) is 0 Å². The van der Waals surface area contributed by atoms with Crippen molar-refractivity contribution in [2.45, 2.75) is 13.5 Å². The molecule has 0 fully saturated rings. The predicted molar refractivity (Wildman–Crippen MR) is 51.5 cm³/mol. The van der Waals surface area contributed by atoms with Gasteiger partial charge in [0, 0.05) is 13.2 Å². The first-order valence-electron chi connectivity index (χ1n) is 4.61. The van der Waals surface area contributed by atoms with Gasteiger partial charge in [0.05, 0.1) is 19.4 Å². The van der Waals surface area contributed by atoms with E-state index in [9.17, 15) is 0 Å². The third-order valence-electron chi connectivity index (χ3n) is 1.83. The number of ether oxygens (including phenoxy) is 1. The van der Waals surface area contributed by atoms with Crippen LogP contribution in [0.5, 0.6) is 0 Å². The van der Waals surface area contributed by atoms with Crippen LogP contribution in [0.2, 0.25) is 0 Å². The van der Waals surface area contributed by atoms with E-state index in [4.69, 9.17) is 9.15 Å². The Hall–Kier alpha value is -0.800. The minimum absolute atomic E-state index is 0.785. The molecule has 0 spiro atoms. The Morgan fingerprint density at radius 3 is 3.00 bits per heavy atom. The van der Waals surface area contributed by atoms with Crippen LogP contribution in [0.1, 0.15) is 12.7 Å². The molecular formula is C10H17NO2. The van der Waals surface area contributed by atoms with E-state index in [1.54, 1.807) is 6.26 Å². The second-order valence-corrected chi connectivity index (χ2v) is 3.01. The van der Waals surface area contributed by atoms with Crippen LogP contribution in [-0.2, 0) is 11.3 Å². The lowest BCUT2D eigenvalue weighted by Crippen LogP contribution is -2.22. The van der Waals surface area contributed by atoms with E-state index < -0.39 is 0 Å². The van der Waals surface area contributed by atoms with Crippen molar-refractivity contribution >= 4 is 0 Å². The molecule has 0 aliphatic carbocycles. The Bertz CT molecular complexity index is 209. The van der Waals surface area contributed by atoms with Crippen molar-refractivity contribution < 1.29 is 9.15 Å². The van der Waals surface area contributed by atoms with Crippen LogP contribution < -0.4 is 0 Å². The third-order valence-corrected chi connectivity index (χ3v) is 1.83. The molecule has 13 heavy (non-hydrogen) atoms. The highest BCUT2D eigenvalue weighted by Crippen LogP contribution is 2.02. The van der Waals surface area contributed by atoms with E-state index in [0.29, 0.717) is 0 Å². The van der Waals surface area contributed by atoms with Crippen molar-refractivity contribution in [2.24, 2.45) is 0 Å². The highest BCUT2D eigenvalue weighted by atomic mass is 16.5. The van der Waals surface area contributed by atoms with Gasteiger partial charge in [-0.2, -0.15) is 0 Å².